The first-order valence-corrected chi connectivity index (χ1v) is 4.95. The van der Waals surface area contributed by atoms with Crippen molar-refractivity contribution in [3.05, 3.63) is 0 Å². The molecule has 76 valence electrons. The molecule has 0 aromatic heterocycles. The molecule has 4 N–H and O–H groups in total. The Hall–Kier alpha value is -0.610. The maximum atomic E-state index is 10.9. The van der Waals surface area contributed by atoms with Gasteiger partial charge >= 0.3 is 0 Å². The van der Waals surface area contributed by atoms with Gasteiger partial charge in [-0.3, -0.25) is 4.79 Å². The van der Waals surface area contributed by atoms with Crippen LogP contribution >= 0.6 is 0 Å². The largest absolute Gasteiger partial charge is 0.369 e. The van der Waals surface area contributed by atoms with Crippen LogP contribution in [0.15, 0.2) is 0 Å². The third-order valence-corrected chi connectivity index (χ3v) is 2.60. The number of hydrogen-bond donors (Lipinski definition) is 2. The Morgan fingerprint density at radius 1 is 1.46 bits per heavy atom. The lowest BCUT2D eigenvalue weighted by Gasteiger charge is -2.14. The van der Waals surface area contributed by atoms with Gasteiger partial charge in [0.1, 0.15) is 0 Å². The second-order valence-corrected chi connectivity index (χ2v) is 3.68. The average molecular weight is 185 g/mol. The van der Waals surface area contributed by atoms with Gasteiger partial charge < -0.3 is 16.4 Å². The number of rotatable bonds is 5. The van der Waals surface area contributed by atoms with E-state index in [-0.39, 0.29) is 11.8 Å². The maximum Gasteiger partial charge on any atom is 0.221 e. The smallest absolute Gasteiger partial charge is 0.221 e. The maximum absolute atomic E-state index is 10.9. The molecule has 1 heterocycles. The van der Waals surface area contributed by atoms with Crippen LogP contribution in [0.2, 0.25) is 0 Å². The second-order valence-electron chi connectivity index (χ2n) is 3.68. The molecule has 1 saturated heterocycles. The molecular weight excluding hydrogens is 166 g/mol. The Kier molecular flexibility index (Phi) is 4.18. The van der Waals surface area contributed by atoms with Gasteiger partial charge in [0.15, 0.2) is 0 Å². The van der Waals surface area contributed by atoms with Gasteiger partial charge in [-0.05, 0) is 38.9 Å². The first kappa shape index (κ1) is 10.5. The van der Waals surface area contributed by atoms with E-state index in [2.05, 4.69) is 4.90 Å². The highest BCUT2D eigenvalue weighted by Gasteiger charge is 2.25. The summed E-state index contributed by atoms with van der Waals surface area (Å²) in [4.78, 5) is 13.1. The van der Waals surface area contributed by atoms with Gasteiger partial charge in [-0.15, -0.1) is 0 Å². The van der Waals surface area contributed by atoms with E-state index in [0.29, 0.717) is 0 Å². The number of likely N-dealkylation sites (tertiary alicyclic amines) is 1. The zero-order chi connectivity index (χ0) is 9.68. The van der Waals surface area contributed by atoms with E-state index < -0.39 is 0 Å². The molecular formula is C9H19N3O. The van der Waals surface area contributed by atoms with Gasteiger partial charge in [0.05, 0.1) is 5.92 Å². The van der Waals surface area contributed by atoms with Gasteiger partial charge in [0, 0.05) is 6.54 Å². The van der Waals surface area contributed by atoms with E-state index in [1.54, 1.807) is 0 Å². The molecule has 1 unspecified atom stereocenters. The lowest BCUT2D eigenvalue weighted by Crippen LogP contribution is -2.28. The number of amides is 1. The molecule has 0 bridgehead atoms. The van der Waals surface area contributed by atoms with E-state index in [1.165, 1.54) is 0 Å². The van der Waals surface area contributed by atoms with Crippen LogP contribution in [0.3, 0.4) is 0 Å². The van der Waals surface area contributed by atoms with Crippen LogP contribution in [0.25, 0.3) is 0 Å². The van der Waals surface area contributed by atoms with E-state index in [4.69, 9.17) is 11.5 Å². The molecule has 0 saturated carbocycles. The van der Waals surface area contributed by atoms with Crippen LogP contribution < -0.4 is 11.5 Å². The number of carbonyl (C=O) groups is 1. The molecule has 0 spiro atoms. The lowest BCUT2D eigenvalue weighted by molar-refractivity contribution is -0.121. The zero-order valence-electron chi connectivity index (χ0n) is 8.04. The van der Waals surface area contributed by atoms with Gasteiger partial charge in [-0.2, -0.15) is 0 Å². The normalized spacial score (nSPS) is 23.6. The van der Waals surface area contributed by atoms with Gasteiger partial charge in [-0.25, -0.2) is 0 Å². The first-order chi connectivity index (χ1) is 6.24. The highest BCUT2D eigenvalue weighted by Crippen LogP contribution is 2.15. The summed E-state index contributed by atoms with van der Waals surface area (Å²) in [6.45, 7) is 3.67. The minimum Gasteiger partial charge on any atom is -0.369 e. The molecule has 4 nitrogen and oxygen atoms in total. The fraction of sp³-hybridized carbons (Fsp3) is 0.889. The van der Waals surface area contributed by atoms with Crippen LogP contribution in [0.5, 0.6) is 0 Å². The van der Waals surface area contributed by atoms with E-state index >= 15 is 0 Å². The van der Waals surface area contributed by atoms with Crippen molar-refractivity contribution >= 4 is 5.91 Å². The average Bonchev–Trinajstić information content (AvgIpc) is 2.53. The number of nitrogens with zero attached hydrogens (tertiary/aromatic N) is 1. The van der Waals surface area contributed by atoms with Crippen LogP contribution in [0.1, 0.15) is 19.3 Å². The van der Waals surface area contributed by atoms with Crippen molar-refractivity contribution in [2.75, 3.05) is 26.2 Å². The van der Waals surface area contributed by atoms with Crippen LogP contribution in [0, 0.1) is 5.92 Å². The predicted octanol–water partition coefficient (Wildman–Crippen LogP) is -0.467. The van der Waals surface area contributed by atoms with Crippen molar-refractivity contribution in [2.45, 2.75) is 19.3 Å². The minimum atomic E-state index is -0.152. The van der Waals surface area contributed by atoms with Crippen molar-refractivity contribution in [2.24, 2.45) is 17.4 Å². The number of hydrogen-bond acceptors (Lipinski definition) is 3. The van der Waals surface area contributed by atoms with E-state index in [1.807, 2.05) is 0 Å². The molecule has 0 aromatic rings. The van der Waals surface area contributed by atoms with Gasteiger partial charge in [0.25, 0.3) is 0 Å². The van der Waals surface area contributed by atoms with E-state index in [9.17, 15) is 4.79 Å². The standard InChI is InChI=1S/C9H19N3O/c10-4-1-2-5-12-6-3-8(7-12)9(11)13/h8H,1-7,10H2,(H2,11,13). The van der Waals surface area contributed by atoms with Gasteiger partial charge in [0.2, 0.25) is 5.91 Å². The summed E-state index contributed by atoms with van der Waals surface area (Å²) in [7, 11) is 0. The molecule has 1 atom stereocenters. The summed E-state index contributed by atoms with van der Waals surface area (Å²) >= 11 is 0. The molecule has 4 heteroatoms. The summed E-state index contributed by atoms with van der Waals surface area (Å²) < 4.78 is 0. The molecule has 1 amide bonds. The number of unbranched alkanes of at least 4 members (excludes halogenated alkanes) is 1. The third-order valence-electron chi connectivity index (χ3n) is 2.60. The van der Waals surface area contributed by atoms with Crippen molar-refractivity contribution in [1.82, 2.24) is 4.90 Å². The monoisotopic (exact) mass is 185 g/mol. The fourth-order valence-electron chi connectivity index (χ4n) is 1.75. The Balaban J connectivity index is 2.14. The summed E-state index contributed by atoms with van der Waals surface area (Å²) in [6, 6.07) is 0. The van der Waals surface area contributed by atoms with Crippen LogP contribution in [-0.2, 0) is 4.79 Å². The second kappa shape index (κ2) is 5.19. The molecule has 1 aliphatic rings. The molecule has 0 aromatic carbocycles. The molecule has 0 aliphatic carbocycles. The Bertz CT molecular complexity index is 172. The van der Waals surface area contributed by atoms with Crippen molar-refractivity contribution in [3.8, 4) is 0 Å². The minimum absolute atomic E-state index is 0.0814. The molecule has 13 heavy (non-hydrogen) atoms. The number of primary amides is 1. The number of nitrogens with two attached hydrogens (primary N) is 2. The summed E-state index contributed by atoms with van der Waals surface area (Å²) in [5, 5.41) is 0. The van der Waals surface area contributed by atoms with E-state index in [0.717, 1.165) is 45.4 Å². The van der Waals surface area contributed by atoms with Crippen molar-refractivity contribution in [3.63, 3.8) is 0 Å². The highest BCUT2D eigenvalue weighted by atomic mass is 16.1. The SMILES string of the molecule is NCCCCN1CCC(C(N)=O)C1. The van der Waals surface area contributed by atoms with Crippen LogP contribution in [-0.4, -0.2) is 37.0 Å². The topological polar surface area (TPSA) is 72.3 Å². The fourth-order valence-corrected chi connectivity index (χ4v) is 1.75. The summed E-state index contributed by atoms with van der Waals surface area (Å²) in [6.07, 6.45) is 3.12. The molecule has 0 radical (unpaired) electrons. The summed E-state index contributed by atoms with van der Waals surface area (Å²) in [5.41, 5.74) is 10.6. The zero-order valence-corrected chi connectivity index (χ0v) is 8.04. The molecule has 1 aliphatic heterocycles. The Labute approximate surface area is 79.3 Å². The lowest BCUT2D eigenvalue weighted by atomic mass is 10.1. The van der Waals surface area contributed by atoms with Crippen molar-refractivity contribution in [1.29, 1.82) is 0 Å². The molecule has 1 rings (SSSR count). The third kappa shape index (κ3) is 3.32. The highest BCUT2D eigenvalue weighted by molar-refractivity contribution is 5.77. The van der Waals surface area contributed by atoms with Crippen molar-refractivity contribution < 1.29 is 4.79 Å². The molecule has 1 fully saturated rings. The van der Waals surface area contributed by atoms with Gasteiger partial charge in [-0.1, -0.05) is 0 Å². The summed E-state index contributed by atoms with van der Waals surface area (Å²) in [5.74, 6) is -0.0702. The Morgan fingerprint density at radius 2 is 2.23 bits per heavy atom. The quantitative estimate of drug-likeness (QED) is 0.569. The predicted molar refractivity (Wildman–Crippen MR) is 52.0 cm³/mol. The van der Waals surface area contributed by atoms with Crippen LogP contribution in [0.4, 0.5) is 0 Å². The number of carbonyl (C=O) groups excluding carboxylic acids is 1. The first-order valence-electron chi connectivity index (χ1n) is 4.95. The Morgan fingerprint density at radius 3 is 2.77 bits per heavy atom.